The minimum atomic E-state index is -0.573. The first-order valence-electron chi connectivity index (χ1n) is 10.8. The second-order valence-electron chi connectivity index (χ2n) is 8.83. The third-order valence-corrected chi connectivity index (χ3v) is 6.48. The molecule has 164 valence electrons. The van der Waals surface area contributed by atoms with Gasteiger partial charge in [-0.1, -0.05) is 37.6 Å². The number of hydrogen-bond donors (Lipinski definition) is 0. The van der Waals surface area contributed by atoms with E-state index in [9.17, 15) is 9.59 Å². The summed E-state index contributed by atoms with van der Waals surface area (Å²) in [5.41, 5.74) is 1.23. The number of amides is 1. The number of hydrogen-bond acceptors (Lipinski definition) is 4. The average Bonchev–Trinajstić information content (AvgIpc) is 2.75. The highest BCUT2D eigenvalue weighted by Gasteiger charge is 2.44. The first-order valence-corrected chi connectivity index (χ1v) is 11.2. The standard InChI is InChI=1S/C25H28ClNO4/c1-16(2)18-4-7-20(8-5-18)30-17(3)24(29)27-12-10-25(11-13-27)15-22(28)21-14-19(26)6-9-23(21)31-25/h4-9,14,16-17H,10-13,15H2,1-3H3. The van der Waals surface area contributed by atoms with Gasteiger partial charge in [0.05, 0.1) is 12.0 Å². The zero-order chi connectivity index (χ0) is 22.2. The molecule has 2 heterocycles. The Balaban J connectivity index is 1.36. The summed E-state index contributed by atoms with van der Waals surface area (Å²) in [6.45, 7) is 7.14. The maximum absolute atomic E-state index is 12.9. The Labute approximate surface area is 188 Å². The van der Waals surface area contributed by atoms with E-state index < -0.39 is 11.7 Å². The van der Waals surface area contributed by atoms with E-state index in [2.05, 4.69) is 13.8 Å². The molecule has 0 aliphatic carbocycles. The monoisotopic (exact) mass is 441 g/mol. The zero-order valence-corrected chi connectivity index (χ0v) is 18.9. The molecule has 4 rings (SSSR count). The fourth-order valence-corrected chi connectivity index (χ4v) is 4.49. The van der Waals surface area contributed by atoms with Gasteiger partial charge in [0.2, 0.25) is 0 Å². The number of rotatable bonds is 4. The molecule has 1 spiro atoms. The van der Waals surface area contributed by atoms with E-state index in [0.717, 1.165) is 0 Å². The number of nitrogens with zero attached hydrogens (tertiary/aromatic N) is 1. The maximum Gasteiger partial charge on any atom is 0.263 e. The molecule has 2 aromatic rings. The topological polar surface area (TPSA) is 55.8 Å². The van der Waals surface area contributed by atoms with Gasteiger partial charge in [0.15, 0.2) is 11.9 Å². The fraction of sp³-hybridized carbons (Fsp3) is 0.440. The van der Waals surface area contributed by atoms with Gasteiger partial charge in [-0.3, -0.25) is 9.59 Å². The Morgan fingerprint density at radius 2 is 1.77 bits per heavy atom. The zero-order valence-electron chi connectivity index (χ0n) is 18.2. The van der Waals surface area contributed by atoms with Crippen LogP contribution in [0.15, 0.2) is 42.5 Å². The average molecular weight is 442 g/mol. The van der Waals surface area contributed by atoms with Crippen molar-refractivity contribution in [1.82, 2.24) is 4.90 Å². The van der Waals surface area contributed by atoms with Crippen LogP contribution >= 0.6 is 11.6 Å². The lowest BCUT2D eigenvalue weighted by atomic mass is 9.82. The Hall–Kier alpha value is -2.53. The van der Waals surface area contributed by atoms with Crippen LogP contribution in [-0.4, -0.2) is 41.4 Å². The second-order valence-corrected chi connectivity index (χ2v) is 9.27. The van der Waals surface area contributed by atoms with Crippen LogP contribution in [0.5, 0.6) is 11.5 Å². The van der Waals surface area contributed by atoms with E-state index >= 15 is 0 Å². The molecule has 2 aliphatic heterocycles. The molecule has 2 aliphatic rings. The third-order valence-electron chi connectivity index (χ3n) is 6.24. The van der Waals surface area contributed by atoms with Gasteiger partial charge in [0.1, 0.15) is 17.1 Å². The number of piperidine rings is 1. The summed E-state index contributed by atoms with van der Waals surface area (Å²) in [6.07, 6.45) is 0.970. The summed E-state index contributed by atoms with van der Waals surface area (Å²) in [6, 6.07) is 13.0. The smallest absolute Gasteiger partial charge is 0.263 e. The van der Waals surface area contributed by atoms with Gasteiger partial charge in [0.25, 0.3) is 5.91 Å². The number of likely N-dealkylation sites (tertiary alicyclic amines) is 1. The molecule has 0 bridgehead atoms. The summed E-state index contributed by atoms with van der Waals surface area (Å²) in [4.78, 5) is 27.4. The molecule has 1 fully saturated rings. The predicted octanol–water partition coefficient (Wildman–Crippen LogP) is 5.26. The molecule has 0 saturated carbocycles. The Morgan fingerprint density at radius 1 is 1.10 bits per heavy atom. The Bertz CT molecular complexity index is 978. The Morgan fingerprint density at radius 3 is 2.42 bits per heavy atom. The molecular weight excluding hydrogens is 414 g/mol. The molecule has 1 unspecified atom stereocenters. The first-order chi connectivity index (χ1) is 14.8. The number of ether oxygens (including phenoxy) is 2. The molecule has 5 nitrogen and oxygen atoms in total. The van der Waals surface area contributed by atoms with E-state index in [1.54, 1.807) is 25.1 Å². The molecule has 2 aromatic carbocycles. The molecular formula is C25H28ClNO4. The SMILES string of the molecule is CC(Oc1ccc(C(C)C)cc1)C(=O)N1CCC2(CC1)CC(=O)c1cc(Cl)ccc1O2. The van der Waals surface area contributed by atoms with Crippen LogP contribution in [0, 0.1) is 0 Å². The number of halogens is 1. The molecule has 0 N–H and O–H groups in total. The molecule has 31 heavy (non-hydrogen) atoms. The van der Waals surface area contributed by atoms with Gasteiger partial charge in [-0.05, 0) is 48.7 Å². The van der Waals surface area contributed by atoms with E-state index in [0.29, 0.717) is 60.4 Å². The third kappa shape index (κ3) is 4.57. The molecule has 6 heteroatoms. The summed E-state index contributed by atoms with van der Waals surface area (Å²) >= 11 is 6.02. The van der Waals surface area contributed by atoms with Crippen molar-refractivity contribution in [2.24, 2.45) is 0 Å². The van der Waals surface area contributed by atoms with E-state index in [1.165, 1.54) is 5.56 Å². The fourth-order valence-electron chi connectivity index (χ4n) is 4.32. The number of carbonyl (C=O) groups is 2. The number of carbonyl (C=O) groups excluding carboxylic acids is 2. The second kappa shape index (κ2) is 8.54. The minimum absolute atomic E-state index is 0.0443. The largest absolute Gasteiger partial charge is 0.486 e. The van der Waals surface area contributed by atoms with Gasteiger partial charge in [0, 0.05) is 31.0 Å². The molecule has 0 radical (unpaired) electrons. The molecule has 1 saturated heterocycles. The summed E-state index contributed by atoms with van der Waals surface area (Å²) in [5, 5.41) is 0.528. The van der Waals surface area contributed by atoms with Crippen LogP contribution in [0.25, 0.3) is 0 Å². The number of fused-ring (bicyclic) bond motifs is 1. The van der Waals surface area contributed by atoms with Gasteiger partial charge >= 0.3 is 0 Å². The van der Waals surface area contributed by atoms with Crippen LogP contribution in [0.4, 0.5) is 0 Å². The van der Waals surface area contributed by atoms with Crippen LogP contribution in [-0.2, 0) is 4.79 Å². The van der Waals surface area contributed by atoms with E-state index in [1.807, 2.05) is 29.2 Å². The predicted molar refractivity (Wildman–Crippen MR) is 120 cm³/mol. The summed E-state index contributed by atoms with van der Waals surface area (Å²) in [7, 11) is 0. The van der Waals surface area contributed by atoms with Crippen LogP contribution in [0.2, 0.25) is 5.02 Å². The van der Waals surface area contributed by atoms with Crippen molar-refractivity contribution in [3.05, 3.63) is 58.6 Å². The van der Waals surface area contributed by atoms with Crippen LogP contribution in [0.3, 0.4) is 0 Å². The van der Waals surface area contributed by atoms with Gasteiger partial charge in [-0.25, -0.2) is 0 Å². The maximum atomic E-state index is 12.9. The minimum Gasteiger partial charge on any atom is -0.486 e. The normalized spacial score (nSPS) is 18.5. The lowest BCUT2D eigenvalue weighted by Crippen LogP contribution is -2.54. The highest BCUT2D eigenvalue weighted by molar-refractivity contribution is 6.31. The molecule has 1 amide bonds. The van der Waals surface area contributed by atoms with Crippen molar-refractivity contribution in [2.45, 2.75) is 57.7 Å². The van der Waals surface area contributed by atoms with Crippen molar-refractivity contribution in [3.63, 3.8) is 0 Å². The Kier molecular flexibility index (Phi) is 5.98. The molecule has 1 atom stereocenters. The summed E-state index contributed by atoms with van der Waals surface area (Å²) < 4.78 is 12.1. The van der Waals surface area contributed by atoms with Crippen LogP contribution < -0.4 is 9.47 Å². The first kappa shape index (κ1) is 21.7. The number of ketones is 1. The van der Waals surface area contributed by atoms with Crippen LogP contribution in [0.1, 0.15) is 61.9 Å². The van der Waals surface area contributed by atoms with Gasteiger partial charge < -0.3 is 14.4 Å². The van der Waals surface area contributed by atoms with Crippen molar-refractivity contribution in [3.8, 4) is 11.5 Å². The van der Waals surface area contributed by atoms with Crippen molar-refractivity contribution < 1.29 is 19.1 Å². The van der Waals surface area contributed by atoms with Gasteiger partial charge in [-0.15, -0.1) is 0 Å². The highest BCUT2D eigenvalue weighted by atomic mass is 35.5. The van der Waals surface area contributed by atoms with Crippen molar-refractivity contribution in [1.29, 1.82) is 0 Å². The lowest BCUT2D eigenvalue weighted by Gasteiger charge is -2.44. The molecule has 0 aromatic heterocycles. The van der Waals surface area contributed by atoms with Crippen molar-refractivity contribution >= 4 is 23.3 Å². The quantitative estimate of drug-likeness (QED) is 0.649. The number of Topliss-reactive ketones (excluding diaryl/α,β-unsaturated/α-hetero) is 1. The summed E-state index contributed by atoms with van der Waals surface area (Å²) in [5.74, 6) is 1.73. The highest BCUT2D eigenvalue weighted by Crippen LogP contribution is 2.40. The van der Waals surface area contributed by atoms with E-state index in [-0.39, 0.29) is 11.7 Å². The van der Waals surface area contributed by atoms with Crippen molar-refractivity contribution in [2.75, 3.05) is 13.1 Å². The number of benzene rings is 2. The van der Waals surface area contributed by atoms with E-state index in [4.69, 9.17) is 21.1 Å². The van der Waals surface area contributed by atoms with Gasteiger partial charge in [-0.2, -0.15) is 0 Å². The lowest BCUT2D eigenvalue weighted by molar-refractivity contribution is -0.141.